The van der Waals surface area contributed by atoms with Gasteiger partial charge in [-0.25, -0.2) is 19.9 Å². The lowest BCUT2D eigenvalue weighted by Gasteiger charge is -2.28. The molecule has 0 saturated carbocycles. The minimum Gasteiger partial charge on any atom is -0.354 e. The van der Waals surface area contributed by atoms with Gasteiger partial charge in [0.25, 0.3) is 0 Å². The SMILES string of the molecule is Cc1nc2cc(Nc3nccc(-c4ccc(N5CCNCC5)nc4)n3)ccc2[nH]1. The third-order valence-electron chi connectivity index (χ3n) is 5.00. The molecule has 0 bridgehead atoms. The Morgan fingerprint density at radius 1 is 1.00 bits per heavy atom. The van der Waals surface area contributed by atoms with E-state index in [4.69, 9.17) is 0 Å². The number of hydrogen-bond acceptors (Lipinski definition) is 7. The Morgan fingerprint density at radius 3 is 2.72 bits per heavy atom. The van der Waals surface area contributed by atoms with E-state index in [9.17, 15) is 0 Å². The van der Waals surface area contributed by atoms with Crippen LogP contribution in [0.1, 0.15) is 5.82 Å². The number of aromatic amines is 1. The highest BCUT2D eigenvalue weighted by Crippen LogP contribution is 2.23. The van der Waals surface area contributed by atoms with Crippen molar-refractivity contribution >= 4 is 28.5 Å². The summed E-state index contributed by atoms with van der Waals surface area (Å²) in [5, 5.41) is 6.63. The molecule has 1 saturated heterocycles. The van der Waals surface area contributed by atoms with Crippen LogP contribution < -0.4 is 15.5 Å². The summed E-state index contributed by atoms with van der Waals surface area (Å²) in [6.45, 7) is 5.89. The maximum Gasteiger partial charge on any atom is 0.227 e. The van der Waals surface area contributed by atoms with Crippen LogP contribution in [0.15, 0.2) is 48.8 Å². The Kier molecular flexibility index (Phi) is 4.53. The molecule has 0 unspecified atom stereocenters. The number of pyridine rings is 1. The molecule has 3 aromatic heterocycles. The summed E-state index contributed by atoms with van der Waals surface area (Å²) in [4.78, 5) is 23.6. The zero-order valence-corrected chi connectivity index (χ0v) is 16.2. The molecule has 0 spiro atoms. The summed E-state index contributed by atoms with van der Waals surface area (Å²) >= 11 is 0. The average Bonchev–Trinajstić information content (AvgIpc) is 3.14. The van der Waals surface area contributed by atoms with E-state index in [2.05, 4.69) is 52.6 Å². The largest absolute Gasteiger partial charge is 0.354 e. The predicted octanol–water partition coefficient (Wildman–Crippen LogP) is 2.88. The molecule has 8 heteroatoms. The first kappa shape index (κ1) is 17.6. The molecule has 3 N–H and O–H groups in total. The summed E-state index contributed by atoms with van der Waals surface area (Å²) in [5.41, 5.74) is 4.62. The fraction of sp³-hybridized carbons (Fsp3) is 0.238. The van der Waals surface area contributed by atoms with Crippen LogP contribution in [-0.4, -0.2) is 51.1 Å². The number of imidazole rings is 1. The molecule has 4 heterocycles. The van der Waals surface area contributed by atoms with Crippen LogP contribution >= 0.6 is 0 Å². The smallest absolute Gasteiger partial charge is 0.227 e. The molecule has 0 amide bonds. The predicted molar refractivity (Wildman–Crippen MR) is 114 cm³/mol. The van der Waals surface area contributed by atoms with E-state index in [1.54, 1.807) is 6.20 Å². The van der Waals surface area contributed by atoms with Gasteiger partial charge in [0.15, 0.2) is 0 Å². The molecular weight excluding hydrogens is 364 g/mol. The second-order valence-electron chi connectivity index (χ2n) is 7.09. The lowest BCUT2D eigenvalue weighted by molar-refractivity contribution is 0.585. The van der Waals surface area contributed by atoms with Crippen LogP contribution in [0, 0.1) is 6.92 Å². The molecule has 146 valence electrons. The number of piperazine rings is 1. The van der Waals surface area contributed by atoms with Gasteiger partial charge >= 0.3 is 0 Å². The molecule has 0 atom stereocenters. The summed E-state index contributed by atoms with van der Waals surface area (Å²) in [7, 11) is 0. The molecule has 8 nitrogen and oxygen atoms in total. The van der Waals surface area contributed by atoms with Gasteiger partial charge in [-0.2, -0.15) is 0 Å². The first-order valence-corrected chi connectivity index (χ1v) is 9.73. The third-order valence-corrected chi connectivity index (χ3v) is 5.00. The van der Waals surface area contributed by atoms with Crippen LogP contribution in [0.3, 0.4) is 0 Å². The first-order valence-electron chi connectivity index (χ1n) is 9.73. The van der Waals surface area contributed by atoms with E-state index in [1.807, 2.05) is 37.4 Å². The number of nitrogens with zero attached hydrogens (tertiary/aromatic N) is 5. The zero-order chi connectivity index (χ0) is 19.6. The second kappa shape index (κ2) is 7.48. The van der Waals surface area contributed by atoms with E-state index >= 15 is 0 Å². The third kappa shape index (κ3) is 3.74. The van der Waals surface area contributed by atoms with Crippen molar-refractivity contribution in [3.8, 4) is 11.3 Å². The van der Waals surface area contributed by atoms with Gasteiger partial charge in [-0.05, 0) is 43.3 Å². The molecule has 0 aliphatic carbocycles. The number of fused-ring (bicyclic) bond motifs is 1. The number of aryl methyl sites for hydroxylation is 1. The van der Waals surface area contributed by atoms with Crippen LogP contribution in [0.5, 0.6) is 0 Å². The second-order valence-corrected chi connectivity index (χ2v) is 7.09. The Labute approximate surface area is 168 Å². The number of hydrogen-bond donors (Lipinski definition) is 3. The van der Waals surface area contributed by atoms with Crippen molar-refractivity contribution in [2.45, 2.75) is 6.92 Å². The van der Waals surface area contributed by atoms with E-state index in [0.717, 1.165) is 65.8 Å². The number of rotatable bonds is 4. The highest BCUT2D eigenvalue weighted by Gasteiger charge is 2.12. The van der Waals surface area contributed by atoms with Crippen molar-refractivity contribution in [3.05, 3.63) is 54.6 Å². The van der Waals surface area contributed by atoms with Crippen molar-refractivity contribution < 1.29 is 0 Å². The zero-order valence-electron chi connectivity index (χ0n) is 16.2. The fourth-order valence-corrected chi connectivity index (χ4v) is 3.54. The Bertz CT molecular complexity index is 1130. The van der Waals surface area contributed by atoms with E-state index in [0.29, 0.717) is 5.95 Å². The van der Waals surface area contributed by atoms with Crippen molar-refractivity contribution in [3.63, 3.8) is 0 Å². The number of aromatic nitrogens is 5. The summed E-state index contributed by atoms with van der Waals surface area (Å²) < 4.78 is 0. The molecule has 5 rings (SSSR count). The molecule has 1 fully saturated rings. The normalized spacial score (nSPS) is 14.3. The number of H-pyrrole nitrogens is 1. The summed E-state index contributed by atoms with van der Waals surface area (Å²) in [6.07, 6.45) is 3.63. The van der Waals surface area contributed by atoms with Gasteiger partial charge < -0.3 is 20.5 Å². The van der Waals surface area contributed by atoms with Crippen LogP contribution in [0.4, 0.5) is 17.5 Å². The monoisotopic (exact) mass is 386 g/mol. The molecule has 29 heavy (non-hydrogen) atoms. The Morgan fingerprint density at radius 2 is 1.90 bits per heavy atom. The van der Waals surface area contributed by atoms with E-state index in [-0.39, 0.29) is 0 Å². The number of nitrogens with one attached hydrogen (secondary N) is 3. The highest BCUT2D eigenvalue weighted by molar-refractivity contribution is 5.80. The lowest BCUT2D eigenvalue weighted by atomic mass is 10.2. The van der Waals surface area contributed by atoms with Gasteiger partial charge in [-0.1, -0.05) is 0 Å². The van der Waals surface area contributed by atoms with Crippen LogP contribution in [0.25, 0.3) is 22.3 Å². The number of benzene rings is 1. The van der Waals surface area contributed by atoms with Crippen molar-refractivity contribution in [2.24, 2.45) is 0 Å². The van der Waals surface area contributed by atoms with Crippen LogP contribution in [0.2, 0.25) is 0 Å². The molecule has 1 aliphatic rings. The first-order chi connectivity index (χ1) is 14.2. The average molecular weight is 386 g/mol. The van der Waals surface area contributed by atoms with Gasteiger partial charge in [0, 0.05) is 49.8 Å². The Balaban J connectivity index is 1.35. The fourth-order valence-electron chi connectivity index (χ4n) is 3.54. The molecular formula is C21H22N8. The van der Waals surface area contributed by atoms with Crippen molar-refractivity contribution in [2.75, 3.05) is 36.4 Å². The van der Waals surface area contributed by atoms with E-state index in [1.165, 1.54) is 0 Å². The van der Waals surface area contributed by atoms with Gasteiger partial charge in [0.05, 0.1) is 16.7 Å². The Hall–Kier alpha value is -3.52. The minimum absolute atomic E-state index is 0.542. The van der Waals surface area contributed by atoms with Gasteiger partial charge in [-0.3, -0.25) is 0 Å². The van der Waals surface area contributed by atoms with Crippen molar-refractivity contribution in [1.29, 1.82) is 0 Å². The molecule has 4 aromatic rings. The minimum atomic E-state index is 0.542. The lowest BCUT2D eigenvalue weighted by Crippen LogP contribution is -2.43. The molecule has 1 aliphatic heterocycles. The standard InChI is InChI=1S/C21H22N8/c1-14-25-18-4-3-16(12-19(18)26-14)27-21-23-7-6-17(28-21)15-2-5-20(24-13-15)29-10-8-22-9-11-29/h2-7,12-13,22H,8-11H2,1H3,(H,25,26)(H,23,27,28). The quantitative estimate of drug-likeness (QED) is 0.496. The van der Waals surface area contributed by atoms with Gasteiger partial charge in [0.1, 0.15) is 11.6 Å². The van der Waals surface area contributed by atoms with Gasteiger partial charge in [0.2, 0.25) is 5.95 Å². The van der Waals surface area contributed by atoms with Crippen LogP contribution in [-0.2, 0) is 0 Å². The van der Waals surface area contributed by atoms with Gasteiger partial charge in [-0.15, -0.1) is 0 Å². The highest BCUT2D eigenvalue weighted by atomic mass is 15.2. The summed E-state index contributed by atoms with van der Waals surface area (Å²) in [5.74, 6) is 2.44. The number of anilines is 3. The van der Waals surface area contributed by atoms with Crippen molar-refractivity contribution in [1.82, 2.24) is 30.2 Å². The summed E-state index contributed by atoms with van der Waals surface area (Å²) in [6, 6.07) is 12.0. The van der Waals surface area contributed by atoms with E-state index < -0.39 is 0 Å². The topological polar surface area (TPSA) is 94.7 Å². The maximum absolute atomic E-state index is 4.65. The molecule has 0 radical (unpaired) electrons. The maximum atomic E-state index is 4.65. The molecule has 1 aromatic carbocycles.